The van der Waals surface area contributed by atoms with Crippen molar-refractivity contribution in [1.82, 2.24) is 4.98 Å². The molecule has 0 bridgehead atoms. The monoisotopic (exact) mass is 306 g/mol. The number of Topliss-reactive ketones (excluding diaryl/α,β-unsaturated/α-hetero) is 1. The summed E-state index contributed by atoms with van der Waals surface area (Å²) in [6.45, 7) is 5.41. The van der Waals surface area contributed by atoms with Gasteiger partial charge in [0.25, 0.3) is 5.91 Å². The lowest BCUT2D eigenvalue weighted by Crippen LogP contribution is -2.13. The molecular formula is C19H18N2O2. The van der Waals surface area contributed by atoms with E-state index in [9.17, 15) is 9.59 Å². The molecule has 0 aliphatic carbocycles. The average Bonchev–Trinajstić information content (AvgIpc) is 2.85. The van der Waals surface area contributed by atoms with Gasteiger partial charge in [0, 0.05) is 27.8 Å². The number of nitrogens with one attached hydrogen (secondary N) is 2. The molecule has 0 radical (unpaired) electrons. The number of benzene rings is 2. The van der Waals surface area contributed by atoms with E-state index in [-0.39, 0.29) is 11.7 Å². The first-order valence-corrected chi connectivity index (χ1v) is 7.47. The van der Waals surface area contributed by atoms with Gasteiger partial charge in [0.05, 0.1) is 5.56 Å². The number of rotatable bonds is 3. The van der Waals surface area contributed by atoms with Crippen LogP contribution in [-0.4, -0.2) is 16.7 Å². The number of aromatic nitrogens is 1. The Labute approximate surface area is 134 Å². The van der Waals surface area contributed by atoms with Crippen LogP contribution in [0.2, 0.25) is 0 Å². The lowest BCUT2D eigenvalue weighted by molar-refractivity contribution is 0.101. The maximum atomic E-state index is 12.7. The second-order valence-electron chi connectivity index (χ2n) is 5.71. The zero-order valence-electron chi connectivity index (χ0n) is 13.4. The molecule has 1 amide bonds. The van der Waals surface area contributed by atoms with E-state index < -0.39 is 0 Å². The molecule has 3 aromatic rings. The Bertz CT molecular complexity index is 905. The van der Waals surface area contributed by atoms with Gasteiger partial charge >= 0.3 is 0 Å². The van der Waals surface area contributed by atoms with Crippen LogP contribution < -0.4 is 5.32 Å². The summed E-state index contributed by atoms with van der Waals surface area (Å²) in [7, 11) is 0. The summed E-state index contributed by atoms with van der Waals surface area (Å²) in [5.41, 5.74) is 4.81. The van der Waals surface area contributed by atoms with E-state index in [1.165, 1.54) is 6.92 Å². The molecule has 2 N–H and O–H groups in total. The summed E-state index contributed by atoms with van der Waals surface area (Å²) in [5.74, 6) is -0.149. The number of aryl methyl sites for hydroxylation is 2. The zero-order chi connectivity index (χ0) is 16.6. The van der Waals surface area contributed by atoms with Crippen molar-refractivity contribution in [2.45, 2.75) is 20.8 Å². The van der Waals surface area contributed by atoms with Crippen molar-refractivity contribution in [3.63, 3.8) is 0 Å². The number of carbonyl (C=O) groups excluding carboxylic acids is 2. The summed E-state index contributed by atoms with van der Waals surface area (Å²) in [6, 6.07) is 12.8. The molecule has 23 heavy (non-hydrogen) atoms. The number of amides is 1. The predicted molar refractivity (Wildman–Crippen MR) is 92.2 cm³/mol. The van der Waals surface area contributed by atoms with Crippen LogP contribution in [-0.2, 0) is 0 Å². The molecule has 0 spiro atoms. The fourth-order valence-corrected chi connectivity index (χ4v) is 2.82. The Morgan fingerprint density at radius 3 is 2.35 bits per heavy atom. The Morgan fingerprint density at radius 2 is 1.70 bits per heavy atom. The molecule has 0 fully saturated rings. The van der Waals surface area contributed by atoms with Crippen LogP contribution in [0.5, 0.6) is 0 Å². The summed E-state index contributed by atoms with van der Waals surface area (Å²) in [4.78, 5) is 27.2. The molecular weight excluding hydrogens is 288 g/mol. The first-order chi connectivity index (χ1) is 11.0. The van der Waals surface area contributed by atoms with E-state index in [4.69, 9.17) is 0 Å². The summed E-state index contributed by atoms with van der Waals surface area (Å²) < 4.78 is 0. The van der Waals surface area contributed by atoms with Gasteiger partial charge in [0.2, 0.25) is 0 Å². The largest absolute Gasteiger partial charge is 0.358 e. The molecule has 1 aromatic heterocycles. The van der Waals surface area contributed by atoms with Crippen LogP contribution in [0, 0.1) is 13.8 Å². The van der Waals surface area contributed by atoms with Crippen LogP contribution >= 0.6 is 0 Å². The maximum Gasteiger partial charge on any atom is 0.258 e. The van der Waals surface area contributed by atoms with Crippen LogP contribution in [0.1, 0.15) is 38.9 Å². The Balaban J connectivity index is 1.95. The first-order valence-electron chi connectivity index (χ1n) is 7.47. The molecule has 0 saturated carbocycles. The van der Waals surface area contributed by atoms with Crippen molar-refractivity contribution in [1.29, 1.82) is 0 Å². The Hall–Kier alpha value is -2.88. The lowest BCUT2D eigenvalue weighted by atomic mass is 10.1. The molecule has 0 unspecified atom stereocenters. The number of H-pyrrole nitrogens is 1. The molecule has 116 valence electrons. The normalized spacial score (nSPS) is 10.7. The minimum absolute atomic E-state index is 0.00553. The number of carbonyl (C=O) groups is 2. The third kappa shape index (κ3) is 2.75. The zero-order valence-corrected chi connectivity index (χ0v) is 13.4. The minimum atomic E-state index is -0.154. The lowest BCUT2D eigenvalue weighted by Gasteiger charge is -2.07. The summed E-state index contributed by atoms with van der Waals surface area (Å²) in [6.07, 6.45) is 0. The molecule has 4 nitrogen and oxygen atoms in total. The number of ketones is 1. The van der Waals surface area contributed by atoms with E-state index in [1.807, 2.05) is 32.0 Å². The highest BCUT2D eigenvalue weighted by molar-refractivity contribution is 6.14. The van der Waals surface area contributed by atoms with E-state index in [0.717, 1.165) is 22.2 Å². The molecule has 0 aliphatic heterocycles. The maximum absolute atomic E-state index is 12.7. The van der Waals surface area contributed by atoms with Crippen LogP contribution in [0.25, 0.3) is 10.9 Å². The number of fused-ring (bicyclic) bond motifs is 1. The van der Waals surface area contributed by atoms with Gasteiger partial charge in [0.15, 0.2) is 5.78 Å². The highest BCUT2D eigenvalue weighted by Crippen LogP contribution is 2.26. The number of hydrogen-bond acceptors (Lipinski definition) is 2. The van der Waals surface area contributed by atoms with Gasteiger partial charge in [0.1, 0.15) is 0 Å². The SMILES string of the molecule is CC(=O)c1ccc(NC(=O)c2c(C)[nH]c3cccc(C)c23)cc1. The second-order valence-corrected chi connectivity index (χ2v) is 5.71. The van der Waals surface area contributed by atoms with Gasteiger partial charge < -0.3 is 10.3 Å². The Kier molecular flexibility index (Phi) is 3.74. The van der Waals surface area contributed by atoms with Gasteiger partial charge in [-0.3, -0.25) is 9.59 Å². The standard InChI is InChI=1S/C19H18N2O2/c1-11-5-4-6-16-17(11)18(12(2)20-16)19(23)21-15-9-7-14(8-10-15)13(3)22/h4-10,20H,1-3H3,(H,21,23). The predicted octanol–water partition coefficient (Wildman–Crippen LogP) is 4.24. The van der Waals surface area contributed by atoms with Crippen molar-refractivity contribution >= 4 is 28.3 Å². The minimum Gasteiger partial charge on any atom is -0.358 e. The van der Waals surface area contributed by atoms with Crippen LogP contribution in [0.4, 0.5) is 5.69 Å². The van der Waals surface area contributed by atoms with Crippen molar-refractivity contribution in [2.24, 2.45) is 0 Å². The van der Waals surface area contributed by atoms with Crippen molar-refractivity contribution in [3.05, 3.63) is 64.8 Å². The van der Waals surface area contributed by atoms with Crippen LogP contribution in [0.3, 0.4) is 0 Å². The van der Waals surface area contributed by atoms with Gasteiger partial charge in [-0.25, -0.2) is 0 Å². The third-order valence-corrected chi connectivity index (χ3v) is 4.00. The van der Waals surface area contributed by atoms with Crippen molar-refractivity contribution in [3.8, 4) is 0 Å². The number of aromatic amines is 1. The van der Waals surface area contributed by atoms with E-state index in [2.05, 4.69) is 10.3 Å². The molecule has 1 heterocycles. The van der Waals surface area contributed by atoms with Gasteiger partial charge in [-0.15, -0.1) is 0 Å². The first kappa shape index (κ1) is 15.0. The third-order valence-electron chi connectivity index (χ3n) is 4.00. The summed E-state index contributed by atoms with van der Waals surface area (Å²) in [5, 5.41) is 3.85. The topological polar surface area (TPSA) is 62.0 Å². The van der Waals surface area contributed by atoms with Crippen molar-refractivity contribution < 1.29 is 9.59 Å². The smallest absolute Gasteiger partial charge is 0.258 e. The Morgan fingerprint density at radius 1 is 1.00 bits per heavy atom. The highest BCUT2D eigenvalue weighted by Gasteiger charge is 2.17. The molecule has 2 aromatic carbocycles. The van der Waals surface area contributed by atoms with E-state index >= 15 is 0 Å². The molecule has 0 saturated heterocycles. The van der Waals surface area contributed by atoms with Crippen LogP contribution in [0.15, 0.2) is 42.5 Å². The second kappa shape index (κ2) is 5.72. The van der Waals surface area contributed by atoms with E-state index in [1.54, 1.807) is 24.3 Å². The average molecular weight is 306 g/mol. The fourth-order valence-electron chi connectivity index (χ4n) is 2.82. The van der Waals surface area contributed by atoms with Crippen molar-refractivity contribution in [2.75, 3.05) is 5.32 Å². The molecule has 4 heteroatoms. The molecule has 3 rings (SSSR count). The fraction of sp³-hybridized carbons (Fsp3) is 0.158. The van der Waals surface area contributed by atoms with E-state index in [0.29, 0.717) is 16.8 Å². The molecule has 0 atom stereocenters. The molecule has 0 aliphatic rings. The van der Waals surface area contributed by atoms with Gasteiger partial charge in [-0.05, 0) is 56.7 Å². The quantitative estimate of drug-likeness (QED) is 0.711. The number of hydrogen-bond donors (Lipinski definition) is 2. The van der Waals surface area contributed by atoms with Gasteiger partial charge in [-0.1, -0.05) is 12.1 Å². The number of anilines is 1. The highest BCUT2D eigenvalue weighted by atomic mass is 16.1. The van der Waals surface area contributed by atoms with Gasteiger partial charge in [-0.2, -0.15) is 0 Å². The summed E-state index contributed by atoms with van der Waals surface area (Å²) >= 11 is 0.